The molecule has 0 aliphatic heterocycles. The van der Waals surface area contributed by atoms with Gasteiger partial charge in [-0.1, -0.05) is 12.8 Å². The fourth-order valence-corrected chi connectivity index (χ4v) is 2.35. The molecule has 4 nitrogen and oxygen atoms in total. The van der Waals surface area contributed by atoms with Gasteiger partial charge in [0.15, 0.2) is 0 Å². The fourth-order valence-electron chi connectivity index (χ4n) is 2.35. The van der Waals surface area contributed by atoms with Crippen LogP contribution in [-0.2, 0) is 4.79 Å². The van der Waals surface area contributed by atoms with Crippen molar-refractivity contribution in [3.63, 3.8) is 0 Å². The molecule has 0 radical (unpaired) electrons. The number of rotatable bonds is 6. The summed E-state index contributed by atoms with van der Waals surface area (Å²) in [6.45, 7) is 0.540. The highest BCUT2D eigenvalue weighted by atomic mass is 19.1. The van der Waals surface area contributed by atoms with E-state index in [1.807, 2.05) is 0 Å². The molecule has 1 saturated carbocycles. The van der Waals surface area contributed by atoms with Gasteiger partial charge in [0.2, 0.25) is 5.91 Å². The number of amides is 1. The molecule has 1 fully saturated rings. The number of ether oxygens (including phenoxy) is 1. The summed E-state index contributed by atoms with van der Waals surface area (Å²) < 4.78 is 18.0. The van der Waals surface area contributed by atoms with E-state index in [2.05, 4.69) is 5.32 Å². The van der Waals surface area contributed by atoms with E-state index < -0.39 is 5.60 Å². The van der Waals surface area contributed by atoms with Crippen molar-refractivity contribution in [1.82, 2.24) is 5.32 Å². The maximum absolute atomic E-state index is 12.7. The van der Waals surface area contributed by atoms with E-state index in [4.69, 9.17) is 4.74 Å². The zero-order valence-corrected chi connectivity index (χ0v) is 11.4. The van der Waals surface area contributed by atoms with E-state index in [0.29, 0.717) is 12.3 Å². The first-order valence-corrected chi connectivity index (χ1v) is 6.95. The van der Waals surface area contributed by atoms with Crippen LogP contribution in [0.15, 0.2) is 24.3 Å². The van der Waals surface area contributed by atoms with E-state index in [1.54, 1.807) is 0 Å². The number of nitrogens with one attached hydrogen (secondary N) is 1. The lowest BCUT2D eigenvalue weighted by Gasteiger charge is -2.22. The van der Waals surface area contributed by atoms with Crippen LogP contribution in [-0.4, -0.2) is 29.8 Å². The average molecular weight is 281 g/mol. The smallest absolute Gasteiger partial charge is 0.223 e. The van der Waals surface area contributed by atoms with Gasteiger partial charge in [-0.2, -0.15) is 0 Å². The molecule has 1 amide bonds. The SMILES string of the molecule is O=C(CCOc1ccc(F)cc1)NCC1(O)CCCC1. The molecular weight excluding hydrogens is 261 g/mol. The van der Waals surface area contributed by atoms with Crippen molar-refractivity contribution < 1.29 is 19.0 Å². The van der Waals surface area contributed by atoms with Gasteiger partial charge in [-0.15, -0.1) is 0 Å². The van der Waals surface area contributed by atoms with Gasteiger partial charge in [0.25, 0.3) is 0 Å². The standard InChI is InChI=1S/C15H20FNO3/c16-12-3-5-13(6-4-12)20-10-7-14(18)17-11-15(19)8-1-2-9-15/h3-6,19H,1-2,7-11H2,(H,17,18). The van der Waals surface area contributed by atoms with E-state index in [1.165, 1.54) is 24.3 Å². The van der Waals surface area contributed by atoms with Crippen molar-refractivity contribution in [2.24, 2.45) is 0 Å². The normalized spacial score (nSPS) is 16.9. The summed E-state index contributed by atoms with van der Waals surface area (Å²) in [5.74, 6) is 0.0703. The van der Waals surface area contributed by atoms with E-state index in [-0.39, 0.29) is 24.8 Å². The molecule has 0 unspecified atom stereocenters. The molecule has 2 rings (SSSR count). The maximum Gasteiger partial charge on any atom is 0.223 e. The molecule has 0 atom stereocenters. The molecule has 5 heteroatoms. The van der Waals surface area contributed by atoms with E-state index in [0.717, 1.165) is 25.7 Å². The molecule has 0 aromatic heterocycles. The Kier molecular flexibility index (Phi) is 4.95. The van der Waals surface area contributed by atoms with Gasteiger partial charge in [0.1, 0.15) is 11.6 Å². The third-order valence-corrected chi connectivity index (χ3v) is 3.56. The summed E-state index contributed by atoms with van der Waals surface area (Å²) in [6.07, 6.45) is 3.74. The Morgan fingerprint density at radius 3 is 2.60 bits per heavy atom. The number of carbonyl (C=O) groups is 1. The highest BCUT2D eigenvalue weighted by molar-refractivity contribution is 5.76. The van der Waals surface area contributed by atoms with Crippen LogP contribution >= 0.6 is 0 Å². The van der Waals surface area contributed by atoms with Crippen LogP contribution in [0.3, 0.4) is 0 Å². The van der Waals surface area contributed by atoms with Gasteiger partial charge in [-0.05, 0) is 37.1 Å². The van der Waals surface area contributed by atoms with Crippen LogP contribution < -0.4 is 10.1 Å². The number of carbonyl (C=O) groups excluding carboxylic acids is 1. The average Bonchev–Trinajstić information content (AvgIpc) is 2.86. The van der Waals surface area contributed by atoms with Crippen LogP contribution in [0.4, 0.5) is 4.39 Å². The highest BCUT2D eigenvalue weighted by Crippen LogP contribution is 2.28. The van der Waals surface area contributed by atoms with Crippen LogP contribution in [0.5, 0.6) is 5.75 Å². The lowest BCUT2D eigenvalue weighted by molar-refractivity contribution is -0.122. The number of hydrogen-bond acceptors (Lipinski definition) is 3. The first-order chi connectivity index (χ1) is 9.57. The number of halogens is 1. The summed E-state index contributed by atoms with van der Waals surface area (Å²) in [5, 5.41) is 12.8. The van der Waals surface area contributed by atoms with Crippen molar-refractivity contribution >= 4 is 5.91 Å². The summed E-state index contributed by atoms with van der Waals surface area (Å²) in [7, 11) is 0. The Balaban J connectivity index is 1.64. The highest BCUT2D eigenvalue weighted by Gasteiger charge is 2.31. The monoisotopic (exact) mass is 281 g/mol. The minimum Gasteiger partial charge on any atom is -0.493 e. The van der Waals surface area contributed by atoms with Crippen molar-refractivity contribution in [3.05, 3.63) is 30.1 Å². The lowest BCUT2D eigenvalue weighted by Crippen LogP contribution is -2.41. The number of benzene rings is 1. The van der Waals surface area contributed by atoms with Crippen molar-refractivity contribution in [1.29, 1.82) is 0 Å². The molecule has 1 aliphatic rings. The second kappa shape index (κ2) is 6.70. The molecule has 2 N–H and O–H groups in total. The zero-order valence-electron chi connectivity index (χ0n) is 11.4. The van der Waals surface area contributed by atoms with Gasteiger partial charge >= 0.3 is 0 Å². The van der Waals surface area contributed by atoms with Crippen LogP contribution in [0.25, 0.3) is 0 Å². The molecule has 0 bridgehead atoms. The van der Waals surface area contributed by atoms with Gasteiger partial charge < -0.3 is 15.2 Å². The quantitative estimate of drug-likeness (QED) is 0.838. The summed E-state index contributed by atoms with van der Waals surface area (Å²) in [5.41, 5.74) is -0.729. The van der Waals surface area contributed by atoms with Gasteiger partial charge in [-0.3, -0.25) is 4.79 Å². The largest absolute Gasteiger partial charge is 0.493 e. The summed E-state index contributed by atoms with van der Waals surface area (Å²) in [4.78, 5) is 11.6. The number of aliphatic hydroxyl groups is 1. The van der Waals surface area contributed by atoms with Gasteiger partial charge in [0, 0.05) is 6.54 Å². The van der Waals surface area contributed by atoms with Gasteiger partial charge in [0.05, 0.1) is 18.6 Å². The molecule has 0 saturated heterocycles. The van der Waals surface area contributed by atoms with Crippen LogP contribution in [0.2, 0.25) is 0 Å². The second-order valence-corrected chi connectivity index (χ2v) is 5.26. The maximum atomic E-state index is 12.7. The van der Waals surface area contributed by atoms with Crippen LogP contribution in [0, 0.1) is 5.82 Å². The minimum atomic E-state index is -0.729. The molecule has 1 aliphatic carbocycles. The summed E-state index contributed by atoms with van der Waals surface area (Å²) in [6, 6.07) is 5.67. The zero-order chi connectivity index (χ0) is 14.4. The Morgan fingerprint density at radius 1 is 1.30 bits per heavy atom. The molecule has 110 valence electrons. The third kappa shape index (κ3) is 4.49. The first-order valence-electron chi connectivity index (χ1n) is 6.95. The molecule has 1 aromatic carbocycles. The van der Waals surface area contributed by atoms with E-state index >= 15 is 0 Å². The fraction of sp³-hybridized carbons (Fsp3) is 0.533. The lowest BCUT2D eigenvalue weighted by atomic mass is 10.0. The molecule has 0 spiro atoms. The van der Waals surface area contributed by atoms with Crippen molar-refractivity contribution in [2.45, 2.75) is 37.7 Å². The molecular formula is C15H20FNO3. The molecule has 20 heavy (non-hydrogen) atoms. The predicted octanol–water partition coefficient (Wildman–Crippen LogP) is 2.02. The third-order valence-electron chi connectivity index (χ3n) is 3.56. The Hall–Kier alpha value is -1.62. The van der Waals surface area contributed by atoms with Crippen LogP contribution in [0.1, 0.15) is 32.1 Å². The Morgan fingerprint density at radius 2 is 1.95 bits per heavy atom. The van der Waals surface area contributed by atoms with Crippen molar-refractivity contribution in [2.75, 3.05) is 13.2 Å². The second-order valence-electron chi connectivity index (χ2n) is 5.26. The number of hydrogen-bond donors (Lipinski definition) is 2. The van der Waals surface area contributed by atoms with E-state index in [9.17, 15) is 14.3 Å². The van der Waals surface area contributed by atoms with Crippen molar-refractivity contribution in [3.8, 4) is 5.75 Å². The Labute approximate surface area is 117 Å². The molecule has 0 heterocycles. The minimum absolute atomic E-state index is 0.146. The van der Waals surface area contributed by atoms with Gasteiger partial charge in [-0.25, -0.2) is 4.39 Å². The first kappa shape index (κ1) is 14.8. The Bertz CT molecular complexity index is 441. The topological polar surface area (TPSA) is 58.6 Å². The summed E-state index contributed by atoms with van der Waals surface area (Å²) >= 11 is 0. The predicted molar refractivity (Wildman–Crippen MR) is 72.9 cm³/mol. The molecule has 1 aromatic rings.